The minimum atomic E-state index is -4.14. The second-order valence-electron chi connectivity index (χ2n) is 9.89. The Morgan fingerprint density at radius 3 is 2.51 bits per heavy atom. The number of rotatable bonds is 10. The van der Waals surface area contributed by atoms with E-state index in [9.17, 15) is 26.0 Å². The van der Waals surface area contributed by atoms with Crippen LogP contribution in [0.2, 0.25) is 0 Å². The van der Waals surface area contributed by atoms with Gasteiger partial charge in [-0.1, -0.05) is 6.92 Å². The summed E-state index contributed by atoms with van der Waals surface area (Å²) in [6.07, 6.45) is 4.36. The van der Waals surface area contributed by atoms with Crippen LogP contribution < -0.4 is 14.9 Å². The predicted octanol–water partition coefficient (Wildman–Crippen LogP) is 2.26. The number of benzene rings is 1. The van der Waals surface area contributed by atoms with E-state index >= 15 is 4.39 Å². The number of carbonyl (C=O) groups is 1. The highest BCUT2D eigenvalue weighted by Crippen LogP contribution is 2.31. The molecule has 0 saturated carbocycles. The van der Waals surface area contributed by atoms with Crippen LogP contribution in [0.1, 0.15) is 28.4 Å². The lowest BCUT2D eigenvalue weighted by atomic mass is 10.00. The molecule has 0 amide bonds. The summed E-state index contributed by atoms with van der Waals surface area (Å²) >= 11 is 0. The minimum Gasteiger partial charge on any atom is -0.354 e. The van der Waals surface area contributed by atoms with Crippen LogP contribution in [0.3, 0.4) is 0 Å². The molecule has 0 unspecified atom stereocenters. The normalized spacial score (nSPS) is 14.1. The first-order valence-electron chi connectivity index (χ1n) is 13.3. The number of aromatic amines is 1. The van der Waals surface area contributed by atoms with Crippen LogP contribution in [0.25, 0.3) is 22.2 Å². The lowest BCUT2D eigenvalue weighted by Gasteiger charge is -2.30. The van der Waals surface area contributed by atoms with Gasteiger partial charge in [0, 0.05) is 86.0 Å². The molecule has 3 aromatic heterocycles. The van der Waals surface area contributed by atoms with Gasteiger partial charge in [0.05, 0.1) is 17.0 Å². The van der Waals surface area contributed by atoms with Crippen LogP contribution in [0.4, 0.5) is 20.3 Å². The Balaban J connectivity index is 1.53. The van der Waals surface area contributed by atoms with Crippen LogP contribution in [0.15, 0.2) is 42.9 Å². The number of anilines is 2. The number of thiol groups is 1. The van der Waals surface area contributed by atoms with E-state index in [1.165, 1.54) is 19.4 Å². The SMILES string of the molecule is CCN(C)S(=O)(=O)Nc1ccc(F)c(C(=O)c2c[nH]c3ncc(-c4cnc(N5CCNCC5)c(C[SH](=O)=O)c4)cc23)c1F. The molecule has 16 heteroatoms. The van der Waals surface area contributed by atoms with E-state index in [0.29, 0.717) is 35.6 Å². The molecule has 43 heavy (non-hydrogen) atoms. The third kappa shape index (κ3) is 6.22. The molecule has 0 bridgehead atoms. The van der Waals surface area contributed by atoms with Crippen molar-refractivity contribution in [2.24, 2.45) is 0 Å². The zero-order valence-corrected chi connectivity index (χ0v) is 24.9. The first-order valence-corrected chi connectivity index (χ1v) is 16.1. The first kappa shape index (κ1) is 30.5. The van der Waals surface area contributed by atoms with Gasteiger partial charge in [0.15, 0.2) is 5.82 Å². The third-order valence-electron chi connectivity index (χ3n) is 7.18. The fraction of sp³-hybridized carbons (Fsp3) is 0.296. The Labute approximate surface area is 248 Å². The van der Waals surface area contributed by atoms with E-state index in [4.69, 9.17) is 0 Å². The maximum Gasteiger partial charge on any atom is 0.301 e. The number of ketones is 1. The Hall–Kier alpha value is -3.99. The molecule has 1 saturated heterocycles. The second kappa shape index (κ2) is 12.3. The zero-order chi connectivity index (χ0) is 30.9. The van der Waals surface area contributed by atoms with E-state index in [2.05, 4.69) is 20.3 Å². The molecule has 12 nitrogen and oxygen atoms in total. The Morgan fingerprint density at radius 2 is 1.81 bits per heavy atom. The lowest BCUT2D eigenvalue weighted by Crippen LogP contribution is -2.44. The fourth-order valence-electron chi connectivity index (χ4n) is 4.79. The number of nitrogens with one attached hydrogen (secondary N) is 3. The lowest BCUT2D eigenvalue weighted by molar-refractivity contribution is 0.103. The number of H-pyrrole nitrogens is 1. The van der Waals surface area contributed by atoms with Crippen molar-refractivity contribution in [2.75, 3.05) is 49.4 Å². The Bertz CT molecular complexity index is 1880. The van der Waals surface area contributed by atoms with E-state index < -0.39 is 49.6 Å². The van der Waals surface area contributed by atoms with Crippen LogP contribution in [0.5, 0.6) is 0 Å². The number of hydrogen-bond acceptors (Lipinski definition) is 9. The van der Waals surface area contributed by atoms with Crippen molar-refractivity contribution in [3.8, 4) is 11.1 Å². The highest BCUT2D eigenvalue weighted by molar-refractivity contribution is 7.90. The number of piperazine rings is 1. The predicted molar refractivity (Wildman–Crippen MR) is 159 cm³/mol. The fourth-order valence-corrected chi connectivity index (χ4v) is 6.23. The molecular weight excluding hydrogens is 604 g/mol. The standard InChI is InChI=1S/C27H29F2N7O5S2/c1-3-35(2)43(40,41)34-22-5-4-21(28)23(24(22)29)25(37)20-14-32-26-19(20)11-17(12-31-26)16-10-18(15-42(38)39)27(33-13-16)36-8-6-30-7-9-36/h4-5,10-14,30,34,42H,3,6-9,15H2,1-2H3,(H,31,32). The topological polar surface area (TPSA) is 157 Å². The van der Waals surface area contributed by atoms with Crippen molar-refractivity contribution in [1.82, 2.24) is 24.6 Å². The van der Waals surface area contributed by atoms with E-state index in [1.54, 1.807) is 25.3 Å². The van der Waals surface area contributed by atoms with Gasteiger partial charge in [-0.3, -0.25) is 9.52 Å². The van der Waals surface area contributed by atoms with Crippen molar-refractivity contribution in [3.63, 3.8) is 0 Å². The molecule has 3 N–H and O–H groups in total. The summed E-state index contributed by atoms with van der Waals surface area (Å²) in [5, 5.41) is 3.49. The Morgan fingerprint density at radius 1 is 1.12 bits per heavy atom. The summed E-state index contributed by atoms with van der Waals surface area (Å²) in [6.45, 7) is 4.49. The molecule has 1 aliphatic heterocycles. The molecule has 4 heterocycles. The van der Waals surface area contributed by atoms with Crippen molar-refractivity contribution >= 4 is 49.2 Å². The van der Waals surface area contributed by atoms with E-state index in [0.717, 1.165) is 29.5 Å². The first-order chi connectivity index (χ1) is 20.5. The largest absolute Gasteiger partial charge is 0.354 e. The van der Waals surface area contributed by atoms with Gasteiger partial charge in [-0.15, -0.1) is 0 Å². The summed E-state index contributed by atoms with van der Waals surface area (Å²) in [7, 11) is -5.60. The number of nitrogens with zero attached hydrogens (tertiary/aromatic N) is 4. The van der Waals surface area contributed by atoms with Crippen molar-refractivity contribution in [3.05, 3.63) is 71.2 Å². The summed E-state index contributed by atoms with van der Waals surface area (Å²) in [5.74, 6) is -3.20. The average molecular weight is 634 g/mol. The molecule has 0 aliphatic carbocycles. The smallest absolute Gasteiger partial charge is 0.301 e. The van der Waals surface area contributed by atoms with Gasteiger partial charge < -0.3 is 15.2 Å². The van der Waals surface area contributed by atoms with Crippen LogP contribution in [-0.2, 0) is 26.7 Å². The molecule has 1 aromatic carbocycles. The monoisotopic (exact) mass is 633 g/mol. The molecule has 4 aromatic rings. The Kier molecular flexibility index (Phi) is 8.73. The van der Waals surface area contributed by atoms with E-state index in [1.807, 2.05) is 9.62 Å². The van der Waals surface area contributed by atoms with Crippen LogP contribution in [0, 0.1) is 11.6 Å². The van der Waals surface area contributed by atoms with E-state index in [-0.39, 0.29) is 28.9 Å². The minimum absolute atomic E-state index is 0.0962. The van der Waals surface area contributed by atoms with Gasteiger partial charge in [-0.05, 0) is 24.3 Å². The number of hydrogen-bond donors (Lipinski definition) is 4. The zero-order valence-electron chi connectivity index (χ0n) is 23.2. The number of pyridine rings is 2. The molecule has 0 radical (unpaired) electrons. The molecule has 1 fully saturated rings. The highest BCUT2D eigenvalue weighted by Gasteiger charge is 2.27. The van der Waals surface area contributed by atoms with Gasteiger partial charge >= 0.3 is 10.2 Å². The second-order valence-corrected chi connectivity index (χ2v) is 12.7. The highest BCUT2D eigenvalue weighted by atomic mass is 32.2. The summed E-state index contributed by atoms with van der Waals surface area (Å²) in [4.78, 5) is 27.2. The van der Waals surface area contributed by atoms with Gasteiger partial charge in [0.1, 0.15) is 28.0 Å². The maximum absolute atomic E-state index is 15.5. The summed E-state index contributed by atoms with van der Waals surface area (Å²) in [6, 6.07) is 5.01. The molecule has 228 valence electrons. The molecule has 0 spiro atoms. The van der Waals surface area contributed by atoms with Crippen molar-refractivity contribution in [1.29, 1.82) is 0 Å². The van der Waals surface area contributed by atoms with Crippen LogP contribution in [-0.4, -0.2) is 81.6 Å². The van der Waals surface area contributed by atoms with Gasteiger partial charge in [-0.2, -0.15) is 12.7 Å². The number of carbonyl (C=O) groups excluding carboxylic acids is 1. The maximum atomic E-state index is 15.5. The number of halogens is 2. The van der Waals surface area contributed by atoms with Gasteiger partial charge in [0.25, 0.3) is 0 Å². The summed E-state index contributed by atoms with van der Waals surface area (Å²) in [5.41, 5.74) is 0.195. The van der Waals surface area contributed by atoms with Crippen molar-refractivity contribution < 1.29 is 30.4 Å². The molecule has 5 rings (SSSR count). The molecule has 0 atom stereocenters. The quantitative estimate of drug-likeness (QED) is 0.152. The van der Waals surface area contributed by atoms with Gasteiger partial charge in [-0.25, -0.2) is 27.2 Å². The molecule has 1 aliphatic rings. The summed E-state index contributed by atoms with van der Waals surface area (Å²) < 4.78 is 81.5. The van der Waals surface area contributed by atoms with Gasteiger partial charge in [0.2, 0.25) is 5.78 Å². The number of aromatic nitrogens is 3. The van der Waals surface area contributed by atoms with Crippen molar-refractivity contribution in [2.45, 2.75) is 12.7 Å². The number of fused-ring (bicyclic) bond motifs is 1. The van der Waals surface area contributed by atoms with Crippen LogP contribution >= 0.6 is 0 Å². The average Bonchev–Trinajstić information content (AvgIpc) is 3.41. The third-order valence-corrected chi connectivity index (χ3v) is 9.34. The molecular formula is C27H29F2N7O5S2.